The zero-order valence-corrected chi connectivity index (χ0v) is 13.4. The fraction of sp³-hybridized carbons (Fsp3) is 0.533. The SMILES string of the molecule is CN(CC1CCCNC1)C(C(N)=O)c1cccc(Br)c1. The van der Waals surface area contributed by atoms with Crippen LogP contribution in [0.5, 0.6) is 0 Å². The average molecular weight is 340 g/mol. The summed E-state index contributed by atoms with van der Waals surface area (Å²) in [5.74, 6) is 0.289. The molecular formula is C15H22BrN3O. The van der Waals surface area contributed by atoms with Crippen LogP contribution in [-0.4, -0.2) is 37.5 Å². The first kappa shape index (κ1) is 15.5. The molecule has 0 radical (unpaired) electrons. The fourth-order valence-electron chi connectivity index (χ4n) is 2.91. The maximum atomic E-state index is 11.8. The van der Waals surface area contributed by atoms with E-state index in [9.17, 15) is 4.79 Å². The lowest BCUT2D eigenvalue weighted by molar-refractivity contribution is -0.123. The molecule has 2 rings (SSSR count). The predicted molar refractivity (Wildman–Crippen MR) is 84.3 cm³/mol. The van der Waals surface area contributed by atoms with Crippen LogP contribution in [0.4, 0.5) is 0 Å². The summed E-state index contributed by atoms with van der Waals surface area (Å²) >= 11 is 3.45. The van der Waals surface area contributed by atoms with Crippen molar-refractivity contribution in [1.82, 2.24) is 10.2 Å². The average Bonchev–Trinajstić information content (AvgIpc) is 2.39. The third kappa shape index (κ3) is 4.04. The quantitative estimate of drug-likeness (QED) is 0.861. The topological polar surface area (TPSA) is 58.4 Å². The van der Waals surface area contributed by atoms with E-state index in [1.807, 2.05) is 31.3 Å². The van der Waals surface area contributed by atoms with E-state index in [1.54, 1.807) is 0 Å². The third-order valence-corrected chi connectivity index (χ3v) is 4.31. The Hall–Kier alpha value is -0.910. The number of halogens is 1. The van der Waals surface area contributed by atoms with Gasteiger partial charge >= 0.3 is 0 Å². The van der Waals surface area contributed by atoms with Crippen LogP contribution in [-0.2, 0) is 4.79 Å². The molecule has 1 aliphatic heterocycles. The van der Waals surface area contributed by atoms with Gasteiger partial charge in [0.1, 0.15) is 6.04 Å². The predicted octanol–water partition coefficient (Wildman–Crippen LogP) is 1.91. The van der Waals surface area contributed by atoms with Crippen LogP contribution in [0.3, 0.4) is 0 Å². The number of rotatable bonds is 5. The van der Waals surface area contributed by atoms with Crippen molar-refractivity contribution in [3.8, 4) is 0 Å². The Balaban J connectivity index is 2.09. The third-order valence-electron chi connectivity index (χ3n) is 3.82. The second-order valence-electron chi connectivity index (χ2n) is 5.51. The van der Waals surface area contributed by atoms with E-state index in [1.165, 1.54) is 12.8 Å². The van der Waals surface area contributed by atoms with Gasteiger partial charge in [0.25, 0.3) is 0 Å². The molecule has 1 fully saturated rings. The highest BCUT2D eigenvalue weighted by atomic mass is 79.9. The minimum absolute atomic E-state index is 0.297. The van der Waals surface area contributed by atoms with Gasteiger partial charge in [-0.2, -0.15) is 0 Å². The van der Waals surface area contributed by atoms with Gasteiger partial charge in [-0.1, -0.05) is 28.1 Å². The molecule has 0 bridgehead atoms. The largest absolute Gasteiger partial charge is 0.368 e. The van der Waals surface area contributed by atoms with E-state index in [2.05, 4.69) is 26.1 Å². The lowest BCUT2D eigenvalue weighted by atomic mass is 9.97. The number of hydrogen-bond acceptors (Lipinski definition) is 3. The van der Waals surface area contributed by atoms with Gasteiger partial charge in [0.15, 0.2) is 0 Å². The van der Waals surface area contributed by atoms with Crippen LogP contribution in [0.2, 0.25) is 0 Å². The molecule has 4 nitrogen and oxygen atoms in total. The minimum atomic E-state index is -0.366. The fourth-order valence-corrected chi connectivity index (χ4v) is 3.32. The van der Waals surface area contributed by atoms with Gasteiger partial charge in [-0.05, 0) is 56.6 Å². The van der Waals surface area contributed by atoms with Gasteiger partial charge in [0.05, 0.1) is 0 Å². The van der Waals surface area contributed by atoms with Crippen molar-refractivity contribution in [3.05, 3.63) is 34.3 Å². The molecule has 1 aliphatic rings. The summed E-state index contributed by atoms with van der Waals surface area (Å²) in [5.41, 5.74) is 6.56. The standard InChI is InChI=1S/C15H22BrN3O/c1-19(10-11-4-3-7-18-9-11)14(15(17)20)12-5-2-6-13(16)8-12/h2,5-6,8,11,14,18H,3-4,7,9-10H2,1H3,(H2,17,20). The molecular weight excluding hydrogens is 318 g/mol. The van der Waals surface area contributed by atoms with E-state index in [-0.39, 0.29) is 11.9 Å². The van der Waals surface area contributed by atoms with Crippen molar-refractivity contribution in [3.63, 3.8) is 0 Å². The van der Waals surface area contributed by atoms with Gasteiger partial charge < -0.3 is 11.1 Å². The number of carbonyl (C=O) groups is 1. The Morgan fingerprint density at radius 1 is 1.60 bits per heavy atom. The van der Waals surface area contributed by atoms with Gasteiger partial charge in [0, 0.05) is 11.0 Å². The number of hydrogen-bond donors (Lipinski definition) is 2. The molecule has 0 aromatic heterocycles. The number of nitrogens with zero attached hydrogens (tertiary/aromatic N) is 1. The lowest BCUT2D eigenvalue weighted by Gasteiger charge is -2.31. The summed E-state index contributed by atoms with van der Waals surface area (Å²) in [7, 11) is 1.98. The van der Waals surface area contributed by atoms with Crippen LogP contribution >= 0.6 is 15.9 Å². The molecule has 1 saturated heterocycles. The Morgan fingerprint density at radius 2 is 2.40 bits per heavy atom. The van der Waals surface area contributed by atoms with E-state index < -0.39 is 0 Å². The molecule has 5 heteroatoms. The van der Waals surface area contributed by atoms with Crippen molar-refractivity contribution in [1.29, 1.82) is 0 Å². The van der Waals surface area contributed by atoms with E-state index in [0.717, 1.165) is 29.7 Å². The number of nitrogens with two attached hydrogens (primary N) is 1. The number of piperidine rings is 1. The molecule has 20 heavy (non-hydrogen) atoms. The van der Waals surface area contributed by atoms with Gasteiger partial charge in [-0.25, -0.2) is 0 Å². The van der Waals surface area contributed by atoms with Crippen molar-refractivity contribution in [2.75, 3.05) is 26.7 Å². The molecule has 1 heterocycles. The molecule has 0 spiro atoms. The highest BCUT2D eigenvalue weighted by Gasteiger charge is 2.25. The Bertz CT molecular complexity index is 460. The van der Waals surface area contributed by atoms with Crippen LogP contribution in [0.25, 0.3) is 0 Å². The van der Waals surface area contributed by atoms with Crippen LogP contribution in [0.15, 0.2) is 28.7 Å². The second kappa shape index (κ2) is 7.20. The van der Waals surface area contributed by atoms with Crippen molar-refractivity contribution in [2.24, 2.45) is 11.7 Å². The smallest absolute Gasteiger partial charge is 0.239 e. The molecule has 0 saturated carbocycles. The summed E-state index contributed by atoms with van der Waals surface area (Å²) in [6, 6.07) is 7.44. The zero-order chi connectivity index (χ0) is 14.5. The van der Waals surface area contributed by atoms with E-state index >= 15 is 0 Å². The summed E-state index contributed by atoms with van der Waals surface area (Å²) in [6.45, 7) is 3.01. The van der Waals surface area contributed by atoms with Crippen LogP contribution in [0.1, 0.15) is 24.4 Å². The van der Waals surface area contributed by atoms with Crippen LogP contribution < -0.4 is 11.1 Å². The number of amides is 1. The number of nitrogens with one attached hydrogen (secondary N) is 1. The molecule has 2 atom stereocenters. The van der Waals surface area contributed by atoms with Crippen molar-refractivity contribution in [2.45, 2.75) is 18.9 Å². The molecule has 3 N–H and O–H groups in total. The zero-order valence-electron chi connectivity index (χ0n) is 11.8. The molecule has 2 unspecified atom stereocenters. The summed E-state index contributed by atoms with van der Waals surface area (Å²) < 4.78 is 0.967. The van der Waals surface area contributed by atoms with Crippen LogP contribution in [0, 0.1) is 5.92 Å². The van der Waals surface area contributed by atoms with Gasteiger partial charge in [-0.15, -0.1) is 0 Å². The van der Waals surface area contributed by atoms with Crippen molar-refractivity contribution < 1.29 is 4.79 Å². The molecule has 110 valence electrons. The van der Waals surface area contributed by atoms with E-state index in [0.29, 0.717) is 5.92 Å². The second-order valence-corrected chi connectivity index (χ2v) is 6.43. The Morgan fingerprint density at radius 3 is 3.00 bits per heavy atom. The lowest BCUT2D eigenvalue weighted by Crippen LogP contribution is -2.41. The monoisotopic (exact) mass is 339 g/mol. The molecule has 1 amide bonds. The van der Waals surface area contributed by atoms with Crippen molar-refractivity contribution >= 4 is 21.8 Å². The number of likely N-dealkylation sites (N-methyl/N-ethyl adjacent to an activating group) is 1. The maximum Gasteiger partial charge on any atom is 0.239 e. The summed E-state index contributed by atoms with van der Waals surface area (Å²) in [6.07, 6.45) is 2.41. The Labute approximate surface area is 128 Å². The minimum Gasteiger partial charge on any atom is -0.368 e. The highest BCUT2D eigenvalue weighted by molar-refractivity contribution is 9.10. The number of primary amides is 1. The Kier molecular flexibility index (Phi) is 5.57. The van der Waals surface area contributed by atoms with Gasteiger partial charge in [0.2, 0.25) is 5.91 Å². The first-order valence-electron chi connectivity index (χ1n) is 7.03. The number of carbonyl (C=O) groups excluding carboxylic acids is 1. The summed E-state index contributed by atoms with van der Waals surface area (Å²) in [5, 5.41) is 3.41. The number of benzene rings is 1. The maximum absolute atomic E-state index is 11.8. The highest BCUT2D eigenvalue weighted by Crippen LogP contribution is 2.24. The molecule has 0 aliphatic carbocycles. The molecule has 1 aromatic carbocycles. The first-order valence-corrected chi connectivity index (χ1v) is 7.83. The van der Waals surface area contributed by atoms with Gasteiger partial charge in [-0.3, -0.25) is 9.69 Å². The summed E-state index contributed by atoms with van der Waals surface area (Å²) in [4.78, 5) is 13.9. The first-order chi connectivity index (χ1) is 9.58. The molecule has 1 aromatic rings. The van der Waals surface area contributed by atoms with E-state index in [4.69, 9.17) is 5.73 Å². The normalized spacial score (nSPS) is 20.9.